The lowest BCUT2D eigenvalue weighted by molar-refractivity contribution is -0.137. The highest BCUT2D eigenvalue weighted by Gasteiger charge is 2.35. The molecule has 2 N–H and O–H groups in total. The summed E-state index contributed by atoms with van der Waals surface area (Å²) in [5.74, 6) is 0.0421. The number of rotatable bonds is 4. The summed E-state index contributed by atoms with van der Waals surface area (Å²) >= 11 is 6.38. The molecule has 0 atom stereocenters. The molecule has 6 nitrogen and oxygen atoms in total. The van der Waals surface area contributed by atoms with E-state index in [4.69, 9.17) is 17.3 Å². The molecule has 3 aromatic rings. The molecule has 1 fully saturated rings. The number of alkyl halides is 3. The molecule has 1 aromatic carbocycles. The van der Waals surface area contributed by atoms with Gasteiger partial charge in [-0.2, -0.15) is 13.2 Å². The maximum atomic E-state index is 13.5. The average Bonchev–Trinajstić information content (AvgIpc) is 2.65. The number of anilines is 1. The van der Waals surface area contributed by atoms with Crippen molar-refractivity contribution < 1.29 is 18.0 Å². The van der Waals surface area contributed by atoms with Crippen molar-refractivity contribution in [1.82, 2.24) is 19.9 Å². The summed E-state index contributed by atoms with van der Waals surface area (Å²) < 4.78 is 40.4. The topological polar surface area (TPSA) is 85.0 Å². The van der Waals surface area contributed by atoms with Crippen LogP contribution >= 0.6 is 11.6 Å². The predicted molar refractivity (Wildman–Crippen MR) is 107 cm³/mol. The van der Waals surface area contributed by atoms with Crippen molar-refractivity contribution in [2.24, 2.45) is 0 Å². The zero-order valence-electron chi connectivity index (χ0n) is 15.4. The molecule has 0 saturated carbocycles. The van der Waals surface area contributed by atoms with Gasteiger partial charge in [-0.15, -0.1) is 0 Å². The van der Waals surface area contributed by atoms with Gasteiger partial charge in [0.1, 0.15) is 18.4 Å². The minimum Gasteiger partial charge on any atom is -0.384 e. The van der Waals surface area contributed by atoms with Gasteiger partial charge in [0.2, 0.25) is 0 Å². The fourth-order valence-corrected chi connectivity index (χ4v) is 3.73. The van der Waals surface area contributed by atoms with E-state index in [1.54, 1.807) is 12.3 Å². The molecule has 0 amide bonds. The number of benzene rings is 1. The van der Waals surface area contributed by atoms with Crippen molar-refractivity contribution >= 4 is 34.6 Å². The van der Waals surface area contributed by atoms with Crippen LogP contribution in [0.1, 0.15) is 17.2 Å². The lowest BCUT2D eigenvalue weighted by Crippen LogP contribution is -2.41. The molecule has 4 rings (SSSR count). The van der Waals surface area contributed by atoms with E-state index in [0.29, 0.717) is 30.3 Å². The van der Waals surface area contributed by atoms with E-state index >= 15 is 0 Å². The standard InChI is InChI=1S/C20H15ClF3N5O/c21-15-6-13-16(26-10-27-18(13)11-8-29(9-11)4-1-5-30)7-12(15)19-14(20(22,23)24)2-3-17(25)28-19/h1-7,10-11H,8-9H2,(H2,25,28). The Morgan fingerprint density at radius 3 is 2.67 bits per heavy atom. The van der Waals surface area contributed by atoms with Crippen LogP contribution in [0.25, 0.3) is 22.2 Å². The smallest absolute Gasteiger partial charge is 0.384 e. The summed E-state index contributed by atoms with van der Waals surface area (Å²) in [7, 11) is 0. The third-order valence-corrected chi connectivity index (χ3v) is 5.22. The van der Waals surface area contributed by atoms with Gasteiger partial charge in [0, 0.05) is 36.2 Å². The van der Waals surface area contributed by atoms with Gasteiger partial charge >= 0.3 is 6.18 Å². The molecule has 0 bridgehead atoms. The number of nitrogens with two attached hydrogens (primary N) is 1. The Bertz CT molecular complexity index is 1160. The van der Waals surface area contributed by atoms with Crippen molar-refractivity contribution in [2.45, 2.75) is 12.1 Å². The first-order chi connectivity index (χ1) is 14.3. The number of likely N-dealkylation sites (tertiary alicyclic amines) is 1. The van der Waals surface area contributed by atoms with Crippen molar-refractivity contribution in [3.63, 3.8) is 0 Å². The van der Waals surface area contributed by atoms with Crippen LogP contribution in [0.4, 0.5) is 19.0 Å². The number of aldehydes is 1. The highest BCUT2D eigenvalue weighted by molar-refractivity contribution is 6.34. The molecule has 0 unspecified atom stereocenters. The Hall–Kier alpha value is -3.20. The number of halogens is 4. The van der Waals surface area contributed by atoms with Gasteiger partial charge in [0.15, 0.2) is 0 Å². The zero-order valence-corrected chi connectivity index (χ0v) is 16.2. The summed E-state index contributed by atoms with van der Waals surface area (Å²) in [5, 5.41) is 0.756. The molecule has 3 heterocycles. The molecule has 0 aliphatic carbocycles. The van der Waals surface area contributed by atoms with Gasteiger partial charge in [0.25, 0.3) is 0 Å². The van der Waals surface area contributed by atoms with Gasteiger partial charge < -0.3 is 10.6 Å². The largest absolute Gasteiger partial charge is 0.418 e. The van der Waals surface area contributed by atoms with E-state index in [0.717, 1.165) is 17.8 Å². The number of hydrogen-bond acceptors (Lipinski definition) is 6. The van der Waals surface area contributed by atoms with Crippen molar-refractivity contribution in [2.75, 3.05) is 18.8 Å². The van der Waals surface area contributed by atoms with Crippen molar-refractivity contribution in [3.8, 4) is 11.3 Å². The highest BCUT2D eigenvalue weighted by atomic mass is 35.5. The highest BCUT2D eigenvalue weighted by Crippen LogP contribution is 2.41. The lowest BCUT2D eigenvalue weighted by Gasteiger charge is -2.38. The number of fused-ring (bicyclic) bond motifs is 1. The van der Waals surface area contributed by atoms with Crippen LogP contribution in [0.5, 0.6) is 0 Å². The van der Waals surface area contributed by atoms with Crippen LogP contribution in [0.2, 0.25) is 5.02 Å². The molecule has 1 aliphatic rings. The van der Waals surface area contributed by atoms with Crippen LogP contribution in [0.15, 0.2) is 42.9 Å². The molecule has 154 valence electrons. The fraction of sp³-hybridized carbons (Fsp3) is 0.200. The van der Waals surface area contributed by atoms with Crippen molar-refractivity contribution in [3.05, 3.63) is 59.1 Å². The van der Waals surface area contributed by atoms with Crippen LogP contribution in [0, 0.1) is 0 Å². The fourth-order valence-electron chi connectivity index (χ4n) is 3.48. The molecule has 2 aromatic heterocycles. The van der Waals surface area contributed by atoms with E-state index in [9.17, 15) is 18.0 Å². The van der Waals surface area contributed by atoms with Crippen LogP contribution in [-0.4, -0.2) is 39.2 Å². The normalized spacial score (nSPS) is 15.0. The summed E-state index contributed by atoms with van der Waals surface area (Å²) in [6.07, 6.45) is 0.566. The molecule has 10 heteroatoms. The van der Waals surface area contributed by atoms with E-state index in [1.807, 2.05) is 4.90 Å². The maximum absolute atomic E-state index is 13.5. The third kappa shape index (κ3) is 3.68. The monoisotopic (exact) mass is 433 g/mol. The van der Waals surface area contributed by atoms with Crippen molar-refractivity contribution in [1.29, 1.82) is 0 Å². The van der Waals surface area contributed by atoms with E-state index in [-0.39, 0.29) is 28.0 Å². The van der Waals surface area contributed by atoms with Gasteiger partial charge in [-0.1, -0.05) is 11.6 Å². The number of nitrogens with zero attached hydrogens (tertiary/aromatic N) is 4. The minimum atomic E-state index is -4.62. The van der Waals surface area contributed by atoms with E-state index < -0.39 is 11.7 Å². The Balaban J connectivity index is 1.78. The van der Waals surface area contributed by atoms with E-state index in [2.05, 4.69) is 15.0 Å². The molecule has 30 heavy (non-hydrogen) atoms. The second-order valence-corrected chi connectivity index (χ2v) is 7.27. The number of allylic oxidation sites excluding steroid dienone is 1. The Morgan fingerprint density at radius 2 is 1.97 bits per heavy atom. The molecule has 0 radical (unpaired) electrons. The summed E-state index contributed by atoms with van der Waals surface area (Å²) in [5.41, 5.74) is 5.66. The van der Waals surface area contributed by atoms with E-state index in [1.165, 1.54) is 18.5 Å². The van der Waals surface area contributed by atoms with Gasteiger partial charge in [-0.05, 0) is 30.3 Å². The number of hydrogen-bond donors (Lipinski definition) is 1. The number of nitrogen functional groups attached to an aromatic ring is 1. The SMILES string of the molecule is Nc1ccc(C(F)(F)F)c(-c2cc3ncnc(C4CN(C=CC=O)C4)c3cc2Cl)n1. The second kappa shape index (κ2) is 7.56. The number of aromatic nitrogens is 3. The minimum absolute atomic E-state index is 0.0459. The van der Waals surface area contributed by atoms with Crippen LogP contribution in [-0.2, 0) is 11.0 Å². The summed E-state index contributed by atoms with van der Waals surface area (Å²) in [6, 6.07) is 5.03. The third-order valence-electron chi connectivity index (χ3n) is 4.90. The first kappa shape index (κ1) is 20.1. The van der Waals surface area contributed by atoms with Gasteiger partial charge in [-0.3, -0.25) is 4.79 Å². The summed E-state index contributed by atoms with van der Waals surface area (Å²) in [4.78, 5) is 24.8. The molecular formula is C20H15ClF3N5O. The predicted octanol–water partition coefficient (Wildman–Crippen LogP) is 4.06. The first-order valence-corrected chi connectivity index (χ1v) is 9.30. The zero-order chi connectivity index (χ0) is 21.5. The van der Waals surface area contributed by atoms with Gasteiger partial charge in [-0.25, -0.2) is 15.0 Å². The summed E-state index contributed by atoms with van der Waals surface area (Å²) in [6.45, 7) is 1.32. The Kier molecular flexibility index (Phi) is 5.07. The lowest BCUT2D eigenvalue weighted by atomic mass is 9.92. The van der Waals surface area contributed by atoms with Crippen LogP contribution in [0.3, 0.4) is 0 Å². The number of pyridine rings is 1. The van der Waals surface area contributed by atoms with Crippen LogP contribution < -0.4 is 5.73 Å². The molecule has 1 saturated heterocycles. The maximum Gasteiger partial charge on any atom is 0.418 e. The average molecular weight is 434 g/mol. The first-order valence-electron chi connectivity index (χ1n) is 8.92. The second-order valence-electron chi connectivity index (χ2n) is 6.87. The Morgan fingerprint density at radius 1 is 1.20 bits per heavy atom. The molecule has 1 aliphatic heterocycles. The molecule has 0 spiro atoms. The number of carbonyl (C=O) groups excluding carboxylic acids is 1. The quantitative estimate of drug-likeness (QED) is 0.493. The van der Waals surface area contributed by atoms with Gasteiger partial charge in [0.05, 0.1) is 27.5 Å². The number of carbonyl (C=O) groups is 1. The Labute approximate surface area is 174 Å². The molecular weight excluding hydrogens is 419 g/mol.